The minimum absolute atomic E-state index is 0.621. The van der Waals surface area contributed by atoms with Crippen molar-refractivity contribution in [1.29, 1.82) is 0 Å². The third-order valence-corrected chi connectivity index (χ3v) is 3.22. The normalized spacial score (nSPS) is 11.1. The Morgan fingerprint density at radius 1 is 1.00 bits per heavy atom. The van der Waals surface area contributed by atoms with E-state index in [2.05, 4.69) is 20.3 Å². The van der Waals surface area contributed by atoms with Gasteiger partial charge in [-0.25, -0.2) is 0 Å². The summed E-state index contributed by atoms with van der Waals surface area (Å²) in [6.45, 7) is 1.99. The number of furan rings is 1. The van der Waals surface area contributed by atoms with Gasteiger partial charge >= 0.3 is 0 Å². The molecule has 0 aliphatic carbocycles. The molecule has 0 radical (unpaired) electrons. The van der Waals surface area contributed by atoms with Gasteiger partial charge in [-0.1, -0.05) is 6.07 Å². The van der Waals surface area contributed by atoms with E-state index in [0.29, 0.717) is 11.5 Å². The van der Waals surface area contributed by atoms with Gasteiger partial charge in [0.15, 0.2) is 5.65 Å². The first kappa shape index (κ1) is 11.8. The van der Waals surface area contributed by atoms with E-state index in [-0.39, 0.29) is 0 Å². The monoisotopic (exact) mass is 277 g/mol. The Hall–Kier alpha value is -3.02. The molecule has 6 heteroatoms. The zero-order valence-corrected chi connectivity index (χ0v) is 11.3. The van der Waals surface area contributed by atoms with Crippen molar-refractivity contribution in [2.75, 3.05) is 0 Å². The minimum Gasteiger partial charge on any atom is -0.472 e. The fourth-order valence-electron chi connectivity index (χ4n) is 2.11. The van der Waals surface area contributed by atoms with Gasteiger partial charge in [-0.2, -0.15) is 9.61 Å². The number of hydrogen-bond acceptors (Lipinski definition) is 5. The maximum absolute atomic E-state index is 5.10. The van der Waals surface area contributed by atoms with Crippen LogP contribution in [-0.2, 0) is 0 Å². The Kier molecular flexibility index (Phi) is 2.53. The standard InChI is InChI=1S/C15H11N5O/c1-10-2-3-13(16-8-10)15-18-17-14-5-4-12(19-20(14)15)11-6-7-21-9-11/h2-9H,1H3. The molecule has 4 heterocycles. The van der Waals surface area contributed by atoms with Crippen LogP contribution in [0.1, 0.15) is 5.56 Å². The van der Waals surface area contributed by atoms with Gasteiger partial charge in [0.1, 0.15) is 5.69 Å². The SMILES string of the molecule is Cc1ccc(-c2nnc3ccc(-c4ccoc4)nn23)nc1. The summed E-state index contributed by atoms with van der Waals surface area (Å²) in [5, 5.41) is 12.9. The van der Waals surface area contributed by atoms with Crippen LogP contribution in [0.25, 0.3) is 28.4 Å². The molecule has 0 fully saturated rings. The first-order valence-corrected chi connectivity index (χ1v) is 6.49. The number of pyridine rings is 1. The van der Waals surface area contributed by atoms with Crippen molar-refractivity contribution in [1.82, 2.24) is 24.8 Å². The second-order valence-corrected chi connectivity index (χ2v) is 4.74. The lowest BCUT2D eigenvalue weighted by molar-refractivity contribution is 0.568. The highest BCUT2D eigenvalue weighted by Gasteiger charge is 2.12. The molecule has 0 atom stereocenters. The molecule has 4 aromatic heterocycles. The average Bonchev–Trinajstić information content (AvgIpc) is 3.17. The summed E-state index contributed by atoms with van der Waals surface area (Å²) in [6.07, 6.45) is 5.08. The summed E-state index contributed by atoms with van der Waals surface area (Å²) in [6, 6.07) is 9.53. The van der Waals surface area contributed by atoms with Crippen molar-refractivity contribution in [3.05, 3.63) is 54.6 Å². The Morgan fingerprint density at radius 2 is 1.90 bits per heavy atom. The van der Waals surface area contributed by atoms with E-state index in [1.54, 1.807) is 23.2 Å². The van der Waals surface area contributed by atoms with Crippen LogP contribution in [0.5, 0.6) is 0 Å². The van der Waals surface area contributed by atoms with E-state index >= 15 is 0 Å². The van der Waals surface area contributed by atoms with Crippen LogP contribution in [0.2, 0.25) is 0 Å². The summed E-state index contributed by atoms with van der Waals surface area (Å²) in [5.41, 5.74) is 4.22. The molecule has 0 amide bonds. The molecule has 0 spiro atoms. The molecular weight excluding hydrogens is 266 g/mol. The van der Waals surface area contributed by atoms with Crippen molar-refractivity contribution in [3.63, 3.8) is 0 Å². The predicted molar refractivity (Wildman–Crippen MR) is 76.5 cm³/mol. The zero-order chi connectivity index (χ0) is 14.2. The summed E-state index contributed by atoms with van der Waals surface area (Å²) >= 11 is 0. The van der Waals surface area contributed by atoms with Gasteiger partial charge in [-0.3, -0.25) is 4.98 Å². The van der Waals surface area contributed by atoms with Crippen molar-refractivity contribution in [2.45, 2.75) is 6.92 Å². The Balaban J connectivity index is 1.90. The predicted octanol–water partition coefficient (Wildman–Crippen LogP) is 2.75. The minimum atomic E-state index is 0.621. The van der Waals surface area contributed by atoms with Crippen LogP contribution in [-0.4, -0.2) is 24.8 Å². The van der Waals surface area contributed by atoms with Crippen molar-refractivity contribution >= 4 is 5.65 Å². The van der Waals surface area contributed by atoms with Crippen LogP contribution in [0.3, 0.4) is 0 Å². The number of aryl methyl sites for hydroxylation is 1. The highest BCUT2D eigenvalue weighted by Crippen LogP contribution is 2.20. The molecule has 6 nitrogen and oxygen atoms in total. The topological polar surface area (TPSA) is 69.1 Å². The summed E-state index contributed by atoms with van der Waals surface area (Å²) < 4.78 is 6.79. The highest BCUT2D eigenvalue weighted by atomic mass is 16.3. The van der Waals surface area contributed by atoms with Gasteiger partial charge < -0.3 is 4.42 Å². The smallest absolute Gasteiger partial charge is 0.203 e. The quantitative estimate of drug-likeness (QED) is 0.563. The van der Waals surface area contributed by atoms with Crippen molar-refractivity contribution < 1.29 is 4.42 Å². The maximum Gasteiger partial charge on any atom is 0.203 e. The lowest BCUT2D eigenvalue weighted by atomic mass is 10.2. The van der Waals surface area contributed by atoms with Crippen LogP contribution in [0, 0.1) is 6.92 Å². The number of nitrogens with zero attached hydrogens (tertiary/aromatic N) is 5. The molecule has 102 valence electrons. The van der Waals surface area contributed by atoms with Crippen LogP contribution in [0.4, 0.5) is 0 Å². The fraction of sp³-hybridized carbons (Fsp3) is 0.0667. The number of rotatable bonds is 2. The lowest BCUT2D eigenvalue weighted by Gasteiger charge is -2.01. The fourth-order valence-corrected chi connectivity index (χ4v) is 2.11. The molecule has 0 N–H and O–H groups in total. The van der Waals surface area contributed by atoms with Crippen LogP contribution in [0.15, 0.2) is 53.5 Å². The second-order valence-electron chi connectivity index (χ2n) is 4.74. The van der Waals surface area contributed by atoms with E-state index in [9.17, 15) is 0 Å². The van der Waals surface area contributed by atoms with E-state index in [4.69, 9.17) is 4.42 Å². The molecular formula is C15H11N5O. The maximum atomic E-state index is 5.10. The molecule has 4 rings (SSSR count). The Bertz CT molecular complexity index is 894. The average molecular weight is 277 g/mol. The molecule has 0 unspecified atom stereocenters. The molecule has 0 saturated carbocycles. The lowest BCUT2D eigenvalue weighted by Crippen LogP contribution is -1.98. The second kappa shape index (κ2) is 4.52. The first-order valence-electron chi connectivity index (χ1n) is 6.49. The molecule has 0 saturated heterocycles. The van der Waals surface area contributed by atoms with Gasteiger partial charge in [0.05, 0.1) is 18.2 Å². The third-order valence-electron chi connectivity index (χ3n) is 3.22. The van der Waals surface area contributed by atoms with Gasteiger partial charge in [-0.15, -0.1) is 10.2 Å². The first-order chi connectivity index (χ1) is 10.3. The Labute approximate surface area is 120 Å². The largest absolute Gasteiger partial charge is 0.472 e. The van der Waals surface area contributed by atoms with Crippen molar-refractivity contribution in [2.24, 2.45) is 0 Å². The van der Waals surface area contributed by atoms with Gasteiger partial charge in [0.25, 0.3) is 0 Å². The number of aromatic nitrogens is 5. The van der Waals surface area contributed by atoms with Crippen LogP contribution >= 0.6 is 0 Å². The van der Waals surface area contributed by atoms with E-state index in [0.717, 1.165) is 22.5 Å². The molecule has 0 aromatic carbocycles. The summed E-state index contributed by atoms with van der Waals surface area (Å²) in [7, 11) is 0. The number of hydrogen-bond donors (Lipinski definition) is 0. The van der Waals surface area contributed by atoms with Crippen molar-refractivity contribution in [3.8, 4) is 22.8 Å². The Morgan fingerprint density at radius 3 is 2.67 bits per heavy atom. The summed E-state index contributed by atoms with van der Waals surface area (Å²) in [4.78, 5) is 4.38. The van der Waals surface area contributed by atoms with E-state index < -0.39 is 0 Å². The van der Waals surface area contributed by atoms with Gasteiger partial charge in [-0.05, 0) is 36.8 Å². The highest BCUT2D eigenvalue weighted by molar-refractivity contribution is 5.61. The van der Waals surface area contributed by atoms with Gasteiger partial charge in [0, 0.05) is 11.8 Å². The molecule has 4 aromatic rings. The number of fused-ring (bicyclic) bond motifs is 1. The van der Waals surface area contributed by atoms with Crippen LogP contribution < -0.4 is 0 Å². The summed E-state index contributed by atoms with van der Waals surface area (Å²) in [5.74, 6) is 0.621. The molecule has 0 aliphatic rings. The molecule has 0 aliphatic heterocycles. The van der Waals surface area contributed by atoms with Gasteiger partial charge in [0.2, 0.25) is 5.82 Å². The van der Waals surface area contributed by atoms with E-state index in [1.165, 1.54) is 0 Å². The third kappa shape index (κ3) is 1.97. The zero-order valence-electron chi connectivity index (χ0n) is 11.3. The molecule has 21 heavy (non-hydrogen) atoms. The van der Waals surface area contributed by atoms with E-state index in [1.807, 2.05) is 37.3 Å². The molecule has 0 bridgehead atoms.